The Labute approximate surface area is 119 Å². The molecule has 1 aromatic heterocycles. The number of nitrogens with one attached hydrogen (secondary N) is 1. The van der Waals surface area contributed by atoms with Gasteiger partial charge in [-0.1, -0.05) is 6.07 Å². The average molecular weight is 275 g/mol. The topological polar surface area (TPSA) is 54.5 Å². The summed E-state index contributed by atoms with van der Waals surface area (Å²) in [6.45, 7) is 5.11. The molecular weight excluding hydrogens is 254 g/mol. The minimum Gasteiger partial charge on any atom is -0.471 e. The first-order valence-corrected chi connectivity index (χ1v) is 7.32. The van der Waals surface area contributed by atoms with E-state index in [0.29, 0.717) is 5.92 Å². The molecule has 0 spiro atoms. The van der Waals surface area contributed by atoms with Gasteiger partial charge >= 0.3 is 0 Å². The van der Waals surface area contributed by atoms with Gasteiger partial charge in [0.15, 0.2) is 0 Å². The van der Waals surface area contributed by atoms with E-state index in [2.05, 4.69) is 16.4 Å². The van der Waals surface area contributed by atoms with Crippen LogP contribution < -0.4 is 10.1 Å². The predicted octanol–water partition coefficient (Wildman–Crippen LogP) is 1.16. The van der Waals surface area contributed by atoms with E-state index in [1.807, 2.05) is 11.0 Å². The molecule has 2 fully saturated rings. The van der Waals surface area contributed by atoms with Gasteiger partial charge in [0, 0.05) is 44.9 Å². The van der Waals surface area contributed by atoms with Gasteiger partial charge in [-0.2, -0.15) is 0 Å². The summed E-state index contributed by atoms with van der Waals surface area (Å²) >= 11 is 0. The van der Waals surface area contributed by atoms with E-state index >= 15 is 0 Å². The van der Waals surface area contributed by atoms with Crippen molar-refractivity contribution in [3.05, 3.63) is 23.9 Å². The second kappa shape index (κ2) is 5.79. The van der Waals surface area contributed by atoms with Gasteiger partial charge in [-0.25, -0.2) is 4.98 Å². The fourth-order valence-electron chi connectivity index (χ4n) is 2.82. The van der Waals surface area contributed by atoms with E-state index in [1.165, 1.54) is 5.56 Å². The minimum atomic E-state index is 0.173. The van der Waals surface area contributed by atoms with Crippen LogP contribution in [0.25, 0.3) is 0 Å². The van der Waals surface area contributed by atoms with Crippen molar-refractivity contribution in [2.45, 2.75) is 31.8 Å². The van der Waals surface area contributed by atoms with Crippen LogP contribution in [0.5, 0.6) is 5.88 Å². The Morgan fingerprint density at radius 3 is 2.75 bits per heavy atom. The molecule has 3 rings (SSSR count). The summed E-state index contributed by atoms with van der Waals surface area (Å²) in [5.74, 6) is 1.40. The number of ether oxygens (including phenoxy) is 1. The van der Waals surface area contributed by atoms with Gasteiger partial charge < -0.3 is 15.0 Å². The third-order valence-electron chi connectivity index (χ3n) is 4.20. The summed E-state index contributed by atoms with van der Waals surface area (Å²) < 4.78 is 5.95. The zero-order valence-corrected chi connectivity index (χ0v) is 11.8. The number of rotatable bonds is 3. The molecule has 1 N–H and O–H groups in total. The average Bonchev–Trinajstić information content (AvgIpc) is 2.43. The minimum absolute atomic E-state index is 0.173. The van der Waals surface area contributed by atoms with Crippen molar-refractivity contribution in [2.24, 2.45) is 0 Å². The van der Waals surface area contributed by atoms with Crippen LogP contribution in [0.3, 0.4) is 0 Å². The van der Waals surface area contributed by atoms with Crippen LogP contribution in [0.4, 0.5) is 0 Å². The predicted molar refractivity (Wildman–Crippen MR) is 75.8 cm³/mol. The maximum Gasteiger partial charge on any atom is 0.219 e. The highest BCUT2D eigenvalue weighted by Gasteiger charge is 2.26. The van der Waals surface area contributed by atoms with Crippen LogP contribution in [0.1, 0.15) is 31.2 Å². The molecule has 1 amide bonds. The summed E-state index contributed by atoms with van der Waals surface area (Å²) in [4.78, 5) is 17.7. The van der Waals surface area contributed by atoms with Crippen molar-refractivity contribution in [3.63, 3.8) is 0 Å². The molecule has 3 heterocycles. The molecule has 2 saturated heterocycles. The van der Waals surface area contributed by atoms with Crippen LogP contribution in [-0.4, -0.2) is 48.1 Å². The molecule has 2 aliphatic heterocycles. The second-order valence-electron chi connectivity index (χ2n) is 5.58. The second-order valence-corrected chi connectivity index (χ2v) is 5.58. The van der Waals surface area contributed by atoms with Crippen molar-refractivity contribution in [2.75, 3.05) is 26.2 Å². The number of carbonyl (C=O) groups excluding carboxylic acids is 1. The zero-order valence-electron chi connectivity index (χ0n) is 11.8. The molecule has 0 atom stereocenters. The zero-order chi connectivity index (χ0) is 13.9. The Kier molecular flexibility index (Phi) is 3.87. The van der Waals surface area contributed by atoms with Gasteiger partial charge in [0.2, 0.25) is 11.8 Å². The van der Waals surface area contributed by atoms with Crippen molar-refractivity contribution in [1.29, 1.82) is 0 Å². The lowest BCUT2D eigenvalue weighted by Crippen LogP contribution is -2.50. The Bertz CT molecular complexity index is 480. The number of piperidine rings is 1. The molecule has 0 aromatic carbocycles. The molecule has 108 valence electrons. The smallest absolute Gasteiger partial charge is 0.219 e. The highest BCUT2D eigenvalue weighted by atomic mass is 16.5. The van der Waals surface area contributed by atoms with E-state index < -0.39 is 0 Å². The van der Waals surface area contributed by atoms with Gasteiger partial charge in [0.05, 0.1) is 0 Å². The Morgan fingerprint density at radius 1 is 1.40 bits per heavy atom. The maximum absolute atomic E-state index is 11.4. The summed E-state index contributed by atoms with van der Waals surface area (Å²) in [5.41, 5.74) is 1.20. The maximum atomic E-state index is 11.4. The Hall–Kier alpha value is -1.62. The molecule has 0 bridgehead atoms. The van der Waals surface area contributed by atoms with E-state index in [-0.39, 0.29) is 12.0 Å². The Morgan fingerprint density at radius 2 is 2.15 bits per heavy atom. The number of carbonyl (C=O) groups is 1. The molecule has 0 saturated carbocycles. The fraction of sp³-hybridized carbons (Fsp3) is 0.600. The highest BCUT2D eigenvalue weighted by molar-refractivity contribution is 5.73. The van der Waals surface area contributed by atoms with Crippen LogP contribution in [0, 0.1) is 0 Å². The van der Waals surface area contributed by atoms with E-state index in [1.54, 1.807) is 13.1 Å². The number of hydrogen-bond donors (Lipinski definition) is 1. The van der Waals surface area contributed by atoms with Gasteiger partial charge in [0.1, 0.15) is 6.10 Å². The van der Waals surface area contributed by atoms with Crippen molar-refractivity contribution in [3.8, 4) is 5.88 Å². The first-order chi connectivity index (χ1) is 9.74. The molecule has 0 unspecified atom stereocenters. The largest absolute Gasteiger partial charge is 0.471 e. The lowest BCUT2D eigenvalue weighted by molar-refractivity contribution is -0.129. The van der Waals surface area contributed by atoms with Gasteiger partial charge in [-0.3, -0.25) is 4.79 Å². The lowest BCUT2D eigenvalue weighted by atomic mass is 9.90. The molecule has 1 aromatic rings. The van der Waals surface area contributed by atoms with Gasteiger partial charge in [0.25, 0.3) is 0 Å². The summed E-state index contributed by atoms with van der Waals surface area (Å²) in [7, 11) is 0. The fourth-order valence-corrected chi connectivity index (χ4v) is 2.82. The summed E-state index contributed by atoms with van der Waals surface area (Å²) in [5, 5.41) is 3.20. The first kappa shape index (κ1) is 13.4. The summed E-state index contributed by atoms with van der Waals surface area (Å²) in [6, 6.07) is 4.08. The van der Waals surface area contributed by atoms with Crippen LogP contribution in [0.2, 0.25) is 0 Å². The van der Waals surface area contributed by atoms with E-state index in [0.717, 1.165) is 44.9 Å². The molecular formula is C15H21N3O2. The number of nitrogens with zero attached hydrogens (tertiary/aromatic N) is 2. The van der Waals surface area contributed by atoms with Crippen molar-refractivity contribution in [1.82, 2.24) is 15.2 Å². The monoisotopic (exact) mass is 275 g/mol. The lowest BCUT2D eigenvalue weighted by Gasteiger charge is -2.33. The van der Waals surface area contributed by atoms with E-state index in [9.17, 15) is 4.79 Å². The van der Waals surface area contributed by atoms with Crippen LogP contribution in [0.15, 0.2) is 18.3 Å². The number of amides is 1. The van der Waals surface area contributed by atoms with Gasteiger partial charge in [-0.05, 0) is 24.8 Å². The molecule has 20 heavy (non-hydrogen) atoms. The van der Waals surface area contributed by atoms with Crippen LogP contribution in [-0.2, 0) is 4.79 Å². The van der Waals surface area contributed by atoms with Crippen molar-refractivity contribution >= 4 is 5.91 Å². The quantitative estimate of drug-likeness (QED) is 0.899. The highest BCUT2D eigenvalue weighted by Crippen LogP contribution is 2.33. The SMILES string of the molecule is CC(=O)N1CCC(c2cccnc2OC2CNC2)CC1. The molecule has 5 nitrogen and oxygen atoms in total. The normalized spacial score (nSPS) is 20.6. The molecule has 5 heteroatoms. The Balaban J connectivity index is 1.68. The summed E-state index contributed by atoms with van der Waals surface area (Å²) in [6.07, 6.45) is 4.02. The van der Waals surface area contributed by atoms with Crippen LogP contribution >= 0.6 is 0 Å². The number of likely N-dealkylation sites (tertiary alicyclic amines) is 1. The number of hydrogen-bond acceptors (Lipinski definition) is 4. The molecule has 0 aliphatic carbocycles. The number of aromatic nitrogens is 1. The first-order valence-electron chi connectivity index (χ1n) is 7.32. The third-order valence-corrected chi connectivity index (χ3v) is 4.20. The molecule has 0 radical (unpaired) electrons. The standard InChI is InChI=1S/C15H21N3O2/c1-11(19)18-7-4-12(5-8-18)14-3-2-6-17-15(14)20-13-9-16-10-13/h2-3,6,12-13,16H,4-5,7-10H2,1H3. The number of pyridine rings is 1. The third kappa shape index (κ3) is 2.77. The van der Waals surface area contributed by atoms with E-state index in [4.69, 9.17) is 4.74 Å². The molecule has 2 aliphatic rings. The van der Waals surface area contributed by atoms with Crippen molar-refractivity contribution < 1.29 is 9.53 Å². The van der Waals surface area contributed by atoms with Gasteiger partial charge in [-0.15, -0.1) is 0 Å².